The Morgan fingerprint density at radius 2 is 2.18 bits per heavy atom. The van der Waals surface area contributed by atoms with Crippen LogP contribution in [0.4, 0.5) is 4.39 Å². The molecule has 0 bridgehead atoms. The lowest BCUT2D eigenvalue weighted by Gasteiger charge is -2.40. The van der Waals surface area contributed by atoms with Crippen LogP contribution in [-0.4, -0.2) is 53.0 Å². The van der Waals surface area contributed by atoms with Gasteiger partial charge in [-0.3, -0.25) is 19.7 Å². The second-order valence-electron chi connectivity index (χ2n) is 8.58. The van der Waals surface area contributed by atoms with Crippen molar-refractivity contribution in [3.8, 4) is 5.75 Å². The fraction of sp³-hybridized carbons (Fsp3) is 0.400. The number of nitrogens with zero attached hydrogens (tertiary/aromatic N) is 3. The molecule has 33 heavy (non-hydrogen) atoms. The minimum Gasteiger partial charge on any atom is -0.469 e. The molecule has 0 unspecified atom stereocenters. The molecule has 7 nitrogen and oxygen atoms in total. The second kappa shape index (κ2) is 9.70. The Kier molecular flexibility index (Phi) is 6.74. The summed E-state index contributed by atoms with van der Waals surface area (Å²) < 4.78 is 20.8. The number of rotatable bonds is 5. The van der Waals surface area contributed by atoms with Crippen LogP contribution in [0.3, 0.4) is 0 Å². The number of ether oxygens (including phenoxy) is 1. The number of hydrogen-bond donors (Lipinski definition) is 2. The highest BCUT2D eigenvalue weighted by Crippen LogP contribution is 2.35. The maximum Gasteiger partial charge on any atom is 0.260 e. The van der Waals surface area contributed by atoms with Crippen LogP contribution in [0.5, 0.6) is 5.75 Å². The van der Waals surface area contributed by atoms with E-state index in [1.165, 1.54) is 4.90 Å². The van der Waals surface area contributed by atoms with E-state index in [1.807, 2.05) is 6.07 Å². The normalized spacial score (nSPS) is 21.3. The van der Waals surface area contributed by atoms with Crippen molar-refractivity contribution in [1.29, 1.82) is 0 Å². The van der Waals surface area contributed by atoms with Gasteiger partial charge in [0.1, 0.15) is 0 Å². The lowest BCUT2D eigenvalue weighted by molar-refractivity contribution is -0.0134. The largest absolute Gasteiger partial charge is 0.469 e. The maximum atomic E-state index is 15.2. The Balaban J connectivity index is 1.60. The van der Waals surface area contributed by atoms with E-state index in [-0.39, 0.29) is 30.0 Å². The van der Waals surface area contributed by atoms with Gasteiger partial charge >= 0.3 is 0 Å². The van der Waals surface area contributed by atoms with Crippen LogP contribution < -0.4 is 10.5 Å². The number of amides is 1. The molecule has 0 saturated heterocycles. The zero-order chi connectivity index (χ0) is 23.5. The topological polar surface area (TPSA) is 101 Å². The van der Waals surface area contributed by atoms with Crippen LogP contribution in [0.2, 0.25) is 0 Å². The maximum absolute atomic E-state index is 15.2. The fourth-order valence-electron chi connectivity index (χ4n) is 4.47. The number of pyridine rings is 1. The van der Waals surface area contributed by atoms with E-state index in [0.29, 0.717) is 41.8 Å². The first-order valence-corrected chi connectivity index (χ1v) is 11.2. The van der Waals surface area contributed by atoms with E-state index in [1.54, 1.807) is 44.6 Å². The molecule has 4 rings (SSSR count). The van der Waals surface area contributed by atoms with Crippen LogP contribution in [0.1, 0.15) is 58.4 Å². The lowest BCUT2D eigenvalue weighted by Crippen LogP contribution is -2.52. The number of aromatic nitrogens is 1. The number of aliphatic imine (C=N–C) groups is 1. The molecule has 3 N–H and O–H groups in total. The standard InChI is InChI=1S/C25H29FN4O3/c1-15-17(11-16-7-8-20(29-13-16)19(27)9-10-28-2)12-18-24(23(15)26)33-14-30(25(18)32)21-5-3-4-6-22(21)31/h7-10,12-13,21-22,31H,3-6,11,14,27H2,1-2H3/t21-,22-/m0/s1. The third-order valence-corrected chi connectivity index (χ3v) is 6.43. The van der Waals surface area contributed by atoms with E-state index in [2.05, 4.69) is 9.98 Å². The van der Waals surface area contributed by atoms with E-state index < -0.39 is 11.9 Å². The number of aliphatic hydroxyl groups is 1. The summed E-state index contributed by atoms with van der Waals surface area (Å²) in [4.78, 5) is 23.1. The highest BCUT2D eigenvalue weighted by Gasteiger charge is 2.37. The monoisotopic (exact) mass is 452 g/mol. The molecule has 0 radical (unpaired) electrons. The highest BCUT2D eigenvalue weighted by atomic mass is 19.1. The summed E-state index contributed by atoms with van der Waals surface area (Å²) in [5, 5.41) is 10.4. The Morgan fingerprint density at radius 3 is 2.88 bits per heavy atom. The molecule has 1 aromatic heterocycles. The summed E-state index contributed by atoms with van der Waals surface area (Å²) in [5.41, 5.74) is 9.30. The molecular weight excluding hydrogens is 423 g/mol. The van der Waals surface area contributed by atoms with Crippen molar-refractivity contribution >= 4 is 17.8 Å². The van der Waals surface area contributed by atoms with Gasteiger partial charge in [-0.2, -0.15) is 0 Å². The summed E-state index contributed by atoms with van der Waals surface area (Å²) in [7, 11) is 1.66. The van der Waals surface area contributed by atoms with Crippen LogP contribution in [-0.2, 0) is 6.42 Å². The molecule has 2 aromatic rings. The van der Waals surface area contributed by atoms with Crippen molar-refractivity contribution in [2.24, 2.45) is 10.7 Å². The number of carbonyl (C=O) groups is 1. The molecule has 2 aliphatic rings. The van der Waals surface area contributed by atoms with Crippen molar-refractivity contribution in [1.82, 2.24) is 9.88 Å². The van der Waals surface area contributed by atoms with Gasteiger partial charge in [0.15, 0.2) is 18.3 Å². The molecule has 1 aliphatic carbocycles. The van der Waals surface area contributed by atoms with Gasteiger partial charge in [-0.25, -0.2) is 4.39 Å². The number of benzene rings is 1. The van der Waals surface area contributed by atoms with Gasteiger partial charge in [0.2, 0.25) is 0 Å². The smallest absolute Gasteiger partial charge is 0.260 e. The van der Waals surface area contributed by atoms with E-state index in [4.69, 9.17) is 10.5 Å². The Labute approximate surface area is 192 Å². The third-order valence-electron chi connectivity index (χ3n) is 6.43. The lowest BCUT2D eigenvalue weighted by atomic mass is 9.90. The molecule has 1 amide bonds. The van der Waals surface area contributed by atoms with Gasteiger partial charge in [-0.1, -0.05) is 18.9 Å². The summed E-state index contributed by atoms with van der Waals surface area (Å²) in [5.74, 6) is -0.826. The van der Waals surface area contributed by atoms with Crippen molar-refractivity contribution in [2.45, 2.75) is 51.2 Å². The van der Waals surface area contributed by atoms with Gasteiger partial charge in [0.05, 0.1) is 29.1 Å². The predicted molar refractivity (Wildman–Crippen MR) is 125 cm³/mol. The molecule has 174 valence electrons. The van der Waals surface area contributed by atoms with Gasteiger partial charge in [0, 0.05) is 19.5 Å². The number of halogens is 1. The Bertz CT molecular complexity index is 1100. The van der Waals surface area contributed by atoms with Crippen molar-refractivity contribution in [2.75, 3.05) is 13.8 Å². The van der Waals surface area contributed by atoms with Crippen molar-refractivity contribution < 1.29 is 19.0 Å². The second-order valence-corrected chi connectivity index (χ2v) is 8.58. The zero-order valence-corrected chi connectivity index (χ0v) is 18.9. The first-order valence-electron chi connectivity index (χ1n) is 11.2. The van der Waals surface area contributed by atoms with Gasteiger partial charge in [-0.05, 0) is 61.1 Å². The summed E-state index contributed by atoms with van der Waals surface area (Å²) >= 11 is 0. The zero-order valence-electron chi connectivity index (χ0n) is 18.9. The van der Waals surface area contributed by atoms with Crippen molar-refractivity contribution in [3.05, 3.63) is 64.2 Å². The average Bonchev–Trinajstić information content (AvgIpc) is 2.82. The SMILES string of the molecule is CN=CC=C(N)c1ccc(Cc2cc3c(c(F)c2C)OCN([C@H]2CCCC[C@@H]2O)C3=O)cn1. The van der Waals surface area contributed by atoms with E-state index in [0.717, 1.165) is 18.4 Å². The Morgan fingerprint density at radius 1 is 1.39 bits per heavy atom. The summed E-state index contributed by atoms with van der Waals surface area (Å²) in [6, 6.07) is 5.08. The number of nitrogens with two attached hydrogens (primary N) is 1. The number of hydrogen-bond acceptors (Lipinski definition) is 6. The molecule has 2 heterocycles. The summed E-state index contributed by atoms with van der Waals surface area (Å²) in [6.45, 7) is 1.63. The van der Waals surface area contributed by atoms with Gasteiger partial charge < -0.3 is 15.6 Å². The average molecular weight is 453 g/mol. The van der Waals surface area contributed by atoms with Crippen LogP contribution in [0.25, 0.3) is 5.70 Å². The van der Waals surface area contributed by atoms with Gasteiger partial charge in [-0.15, -0.1) is 0 Å². The number of allylic oxidation sites excluding steroid dienone is 1. The molecule has 0 spiro atoms. The van der Waals surface area contributed by atoms with Crippen LogP contribution in [0, 0.1) is 12.7 Å². The van der Waals surface area contributed by atoms with Crippen LogP contribution in [0.15, 0.2) is 35.5 Å². The highest BCUT2D eigenvalue weighted by molar-refractivity contribution is 5.98. The molecule has 1 saturated carbocycles. The first-order chi connectivity index (χ1) is 15.9. The predicted octanol–water partition coefficient (Wildman–Crippen LogP) is 3.22. The first kappa shape index (κ1) is 22.9. The number of carbonyl (C=O) groups excluding carboxylic acids is 1. The molecule has 1 fully saturated rings. The van der Waals surface area contributed by atoms with Gasteiger partial charge in [0.25, 0.3) is 5.91 Å². The molecule has 1 aromatic carbocycles. The molecule has 2 atom stereocenters. The molecular formula is C25H29FN4O3. The fourth-order valence-corrected chi connectivity index (χ4v) is 4.47. The molecule has 8 heteroatoms. The van der Waals surface area contributed by atoms with E-state index >= 15 is 4.39 Å². The molecule has 1 aliphatic heterocycles. The van der Waals surface area contributed by atoms with E-state index in [9.17, 15) is 9.90 Å². The quantitative estimate of drug-likeness (QED) is 0.679. The third kappa shape index (κ3) is 4.61. The van der Waals surface area contributed by atoms with Crippen LogP contribution >= 0.6 is 0 Å². The minimum atomic E-state index is -0.586. The number of aliphatic hydroxyl groups excluding tert-OH is 1. The van der Waals surface area contributed by atoms with Crippen molar-refractivity contribution in [3.63, 3.8) is 0 Å². The minimum absolute atomic E-state index is 0.00762. The Hall–Kier alpha value is -3.26. The summed E-state index contributed by atoms with van der Waals surface area (Å²) in [6.07, 6.45) is 8.04. The number of fused-ring (bicyclic) bond motifs is 1.